The molecule has 0 atom stereocenters. The number of alkyl carbamates (subject to hydrolysis) is 1. The number of carbonyl (C=O) groups excluding carboxylic acids is 2. The molecule has 0 spiro atoms. The molecule has 11 heteroatoms. The van der Waals surface area contributed by atoms with Crippen molar-refractivity contribution in [2.45, 2.75) is 32.8 Å². The van der Waals surface area contributed by atoms with Crippen LogP contribution >= 0.6 is 11.6 Å². The van der Waals surface area contributed by atoms with Gasteiger partial charge in [-0.15, -0.1) is 0 Å². The van der Waals surface area contributed by atoms with Crippen molar-refractivity contribution in [2.75, 3.05) is 49.5 Å². The van der Waals surface area contributed by atoms with Crippen LogP contribution in [0.25, 0.3) is 0 Å². The van der Waals surface area contributed by atoms with E-state index in [1.165, 1.54) is 6.07 Å². The number of piperazine rings is 1. The molecule has 1 heterocycles. The maximum atomic E-state index is 12.9. The van der Waals surface area contributed by atoms with E-state index in [0.29, 0.717) is 49.1 Å². The molecular formula is C25H32ClN5O5. The second-order valence-electron chi connectivity index (χ2n) is 9.50. The van der Waals surface area contributed by atoms with Gasteiger partial charge in [-0.3, -0.25) is 19.8 Å². The zero-order valence-corrected chi connectivity index (χ0v) is 21.5. The van der Waals surface area contributed by atoms with Crippen molar-refractivity contribution in [3.8, 4) is 0 Å². The Morgan fingerprint density at radius 1 is 1.08 bits per heavy atom. The molecule has 1 fully saturated rings. The molecule has 0 aliphatic carbocycles. The maximum Gasteiger partial charge on any atom is 0.407 e. The Balaban J connectivity index is 1.57. The molecule has 1 aliphatic rings. The number of amides is 2. The number of rotatable bonds is 8. The maximum absolute atomic E-state index is 12.9. The number of nitro groups is 1. The average Bonchev–Trinajstić information content (AvgIpc) is 2.82. The molecule has 1 aliphatic heterocycles. The minimum absolute atomic E-state index is 0.00287. The fourth-order valence-corrected chi connectivity index (χ4v) is 4.04. The van der Waals surface area contributed by atoms with Gasteiger partial charge >= 0.3 is 11.8 Å². The van der Waals surface area contributed by atoms with Crippen molar-refractivity contribution >= 4 is 40.7 Å². The quantitative estimate of drug-likeness (QED) is 0.300. The van der Waals surface area contributed by atoms with E-state index >= 15 is 0 Å². The largest absolute Gasteiger partial charge is 0.444 e. The first-order valence-corrected chi connectivity index (χ1v) is 12.2. The molecular weight excluding hydrogens is 486 g/mol. The SMILES string of the molecule is CC(C)(C)OC(=O)NCCCN1CCN(c2cccc(C(=O)Nc3ccc(Cl)cc3)c2[N+](=O)[O-])CC1. The summed E-state index contributed by atoms with van der Waals surface area (Å²) in [4.78, 5) is 40.3. The topological polar surface area (TPSA) is 117 Å². The van der Waals surface area contributed by atoms with E-state index in [0.717, 1.165) is 13.0 Å². The lowest BCUT2D eigenvalue weighted by molar-refractivity contribution is -0.384. The van der Waals surface area contributed by atoms with Crippen LogP contribution in [-0.2, 0) is 4.74 Å². The molecule has 0 aromatic heterocycles. The summed E-state index contributed by atoms with van der Waals surface area (Å²) in [5.74, 6) is -0.554. The Morgan fingerprint density at radius 3 is 2.36 bits per heavy atom. The van der Waals surface area contributed by atoms with Crippen LogP contribution in [0.15, 0.2) is 42.5 Å². The van der Waals surface area contributed by atoms with Gasteiger partial charge in [-0.05, 0) is 70.1 Å². The highest BCUT2D eigenvalue weighted by molar-refractivity contribution is 6.30. The third kappa shape index (κ3) is 7.82. The van der Waals surface area contributed by atoms with Crippen LogP contribution in [0.5, 0.6) is 0 Å². The molecule has 2 aromatic rings. The van der Waals surface area contributed by atoms with Gasteiger partial charge in [-0.25, -0.2) is 4.79 Å². The van der Waals surface area contributed by atoms with Crippen LogP contribution in [0.1, 0.15) is 37.6 Å². The molecule has 194 valence electrons. The highest BCUT2D eigenvalue weighted by atomic mass is 35.5. The number of hydrogen-bond acceptors (Lipinski definition) is 7. The second-order valence-corrected chi connectivity index (χ2v) is 9.94. The van der Waals surface area contributed by atoms with Crippen LogP contribution in [0.3, 0.4) is 0 Å². The van der Waals surface area contributed by atoms with Gasteiger partial charge in [0.05, 0.1) is 4.92 Å². The third-order valence-electron chi connectivity index (χ3n) is 5.58. The van der Waals surface area contributed by atoms with Crippen LogP contribution < -0.4 is 15.5 Å². The van der Waals surface area contributed by atoms with Crippen LogP contribution in [-0.4, -0.2) is 66.7 Å². The number of nitrogens with one attached hydrogen (secondary N) is 2. The van der Waals surface area contributed by atoms with Crippen LogP contribution in [0.2, 0.25) is 5.02 Å². The van der Waals surface area contributed by atoms with Crippen molar-refractivity contribution in [2.24, 2.45) is 0 Å². The highest BCUT2D eigenvalue weighted by Crippen LogP contribution is 2.33. The van der Waals surface area contributed by atoms with Gasteiger partial charge in [0.25, 0.3) is 5.91 Å². The van der Waals surface area contributed by atoms with Crippen LogP contribution in [0, 0.1) is 10.1 Å². The lowest BCUT2D eigenvalue weighted by Crippen LogP contribution is -2.47. The fraction of sp³-hybridized carbons (Fsp3) is 0.440. The molecule has 1 saturated heterocycles. The van der Waals surface area contributed by atoms with E-state index in [1.807, 2.05) is 25.7 Å². The molecule has 10 nitrogen and oxygen atoms in total. The molecule has 36 heavy (non-hydrogen) atoms. The van der Waals surface area contributed by atoms with E-state index in [9.17, 15) is 19.7 Å². The van der Waals surface area contributed by atoms with E-state index in [4.69, 9.17) is 16.3 Å². The van der Waals surface area contributed by atoms with Gasteiger partial charge in [0, 0.05) is 43.4 Å². The number of halogens is 1. The Kier molecular flexibility index (Phi) is 9.11. The number of ether oxygens (including phenoxy) is 1. The number of nitro benzene ring substituents is 1. The van der Waals surface area contributed by atoms with E-state index in [2.05, 4.69) is 15.5 Å². The monoisotopic (exact) mass is 517 g/mol. The summed E-state index contributed by atoms with van der Waals surface area (Å²) in [5, 5.41) is 18.0. The fourth-order valence-electron chi connectivity index (χ4n) is 3.91. The first-order valence-electron chi connectivity index (χ1n) is 11.8. The molecule has 0 bridgehead atoms. The molecule has 0 radical (unpaired) electrons. The number of hydrogen-bond donors (Lipinski definition) is 2. The summed E-state index contributed by atoms with van der Waals surface area (Å²) in [6, 6.07) is 11.3. The third-order valence-corrected chi connectivity index (χ3v) is 5.83. The predicted molar refractivity (Wildman–Crippen MR) is 140 cm³/mol. The Morgan fingerprint density at radius 2 is 1.75 bits per heavy atom. The molecule has 2 N–H and O–H groups in total. The van der Waals surface area contributed by atoms with Gasteiger partial charge in [-0.1, -0.05) is 17.7 Å². The summed E-state index contributed by atoms with van der Waals surface area (Å²) in [6.45, 7) is 9.34. The van der Waals surface area contributed by atoms with Gasteiger partial charge in [0.15, 0.2) is 0 Å². The standard InChI is InChI=1S/C25H32ClN5O5/c1-25(2,3)36-24(33)27-12-5-13-29-14-16-30(17-15-29)21-7-4-6-20(22(21)31(34)35)23(32)28-19-10-8-18(26)9-11-19/h4,6-11H,5,12-17H2,1-3H3,(H,27,33)(H,28,32). The van der Waals surface area contributed by atoms with Gasteiger partial charge in [0.2, 0.25) is 0 Å². The Bertz CT molecular complexity index is 1080. The molecule has 2 amide bonds. The lowest BCUT2D eigenvalue weighted by atomic mass is 10.1. The molecule has 0 saturated carbocycles. The number of carbonyl (C=O) groups is 2. The summed E-state index contributed by atoms with van der Waals surface area (Å²) in [7, 11) is 0. The minimum atomic E-state index is -0.554. The number of anilines is 2. The lowest BCUT2D eigenvalue weighted by Gasteiger charge is -2.36. The van der Waals surface area contributed by atoms with Gasteiger partial charge in [-0.2, -0.15) is 0 Å². The van der Waals surface area contributed by atoms with Crippen molar-refractivity contribution in [3.05, 3.63) is 63.2 Å². The van der Waals surface area contributed by atoms with E-state index in [1.54, 1.807) is 36.4 Å². The summed E-state index contributed by atoms with van der Waals surface area (Å²) in [5.41, 5.74) is 0.188. The summed E-state index contributed by atoms with van der Waals surface area (Å²) < 4.78 is 5.23. The highest BCUT2D eigenvalue weighted by Gasteiger charge is 2.29. The Hall–Kier alpha value is -3.37. The zero-order valence-electron chi connectivity index (χ0n) is 20.8. The predicted octanol–water partition coefficient (Wildman–Crippen LogP) is 4.54. The molecule has 3 rings (SSSR count). The van der Waals surface area contributed by atoms with E-state index < -0.39 is 22.5 Å². The van der Waals surface area contributed by atoms with Crippen molar-refractivity contribution < 1.29 is 19.2 Å². The average molecular weight is 518 g/mol. The second kappa shape index (κ2) is 12.0. The minimum Gasteiger partial charge on any atom is -0.444 e. The summed E-state index contributed by atoms with van der Waals surface area (Å²) >= 11 is 5.89. The van der Waals surface area contributed by atoms with Crippen molar-refractivity contribution in [1.82, 2.24) is 10.2 Å². The van der Waals surface area contributed by atoms with Gasteiger partial charge in [0.1, 0.15) is 16.9 Å². The first kappa shape index (κ1) is 27.2. The molecule has 0 unspecified atom stereocenters. The summed E-state index contributed by atoms with van der Waals surface area (Å²) in [6.07, 6.45) is 0.333. The number of nitrogens with zero attached hydrogens (tertiary/aromatic N) is 3. The zero-order chi connectivity index (χ0) is 26.3. The molecule has 2 aromatic carbocycles. The van der Waals surface area contributed by atoms with E-state index in [-0.39, 0.29) is 11.3 Å². The number of para-hydroxylation sites is 1. The van der Waals surface area contributed by atoms with Crippen molar-refractivity contribution in [3.63, 3.8) is 0 Å². The smallest absolute Gasteiger partial charge is 0.407 e. The van der Waals surface area contributed by atoms with Crippen LogP contribution in [0.4, 0.5) is 21.9 Å². The first-order chi connectivity index (χ1) is 17.0. The number of benzene rings is 2. The van der Waals surface area contributed by atoms with Crippen molar-refractivity contribution in [1.29, 1.82) is 0 Å². The Labute approximate surface area is 215 Å². The normalized spacial score (nSPS) is 14.3. The van der Waals surface area contributed by atoms with Gasteiger partial charge < -0.3 is 20.3 Å².